The predicted octanol–water partition coefficient (Wildman–Crippen LogP) is 0.898. The minimum Gasteiger partial charge on any atom is -0.480 e. The molecule has 1 amide bonds. The molecule has 0 aromatic heterocycles. The number of carboxylic acid groups (broad SMARTS) is 1. The fourth-order valence-electron chi connectivity index (χ4n) is 2.97. The van der Waals surface area contributed by atoms with Crippen LogP contribution in [-0.2, 0) is 14.3 Å². The van der Waals surface area contributed by atoms with Crippen molar-refractivity contribution in [2.45, 2.75) is 18.4 Å². The number of para-hydroxylation sites is 1. The number of hydrogen-bond acceptors (Lipinski definition) is 4. The van der Waals surface area contributed by atoms with Crippen LogP contribution < -0.4 is 5.32 Å². The van der Waals surface area contributed by atoms with Crippen LogP contribution in [0.4, 0.5) is 5.69 Å². The van der Waals surface area contributed by atoms with Gasteiger partial charge in [-0.3, -0.25) is 4.79 Å². The lowest BCUT2D eigenvalue weighted by atomic mass is 9.92. The Morgan fingerprint density at radius 1 is 1.43 bits per heavy atom. The molecule has 21 heavy (non-hydrogen) atoms. The number of fused-ring (bicyclic) bond motifs is 1. The summed E-state index contributed by atoms with van der Waals surface area (Å²) in [7, 11) is 0. The Morgan fingerprint density at radius 3 is 2.86 bits per heavy atom. The highest BCUT2D eigenvalue weighted by Gasteiger charge is 2.45. The van der Waals surface area contributed by atoms with Crippen molar-refractivity contribution >= 4 is 17.6 Å². The third-order valence-electron chi connectivity index (χ3n) is 4.04. The molecule has 0 saturated carbocycles. The van der Waals surface area contributed by atoms with Crippen LogP contribution in [-0.4, -0.2) is 53.7 Å². The largest absolute Gasteiger partial charge is 0.480 e. The van der Waals surface area contributed by atoms with Crippen LogP contribution in [0, 0.1) is 0 Å². The van der Waals surface area contributed by atoms with Crippen molar-refractivity contribution in [3.8, 4) is 0 Å². The molecule has 2 heterocycles. The number of nitrogens with zero attached hydrogens (tertiary/aromatic N) is 1. The molecule has 0 radical (unpaired) electrons. The maximum absolute atomic E-state index is 12.5. The van der Waals surface area contributed by atoms with Gasteiger partial charge in [-0.05, 0) is 18.6 Å². The Bertz CT molecular complexity index is 581. The third kappa shape index (κ3) is 2.58. The molecule has 1 atom stereocenters. The van der Waals surface area contributed by atoms with Crippen molar-refractivity contribution in [2.75, 3.05) is 31.6 Å². The molecule has 1 aromatic carbocycles. The van der Waals surface area contributed by atoms with E-state index in [1.807, 2.05) is 31.2 Å². The van der Waals surface area contributed by atoms with Gasteiger partial charge < -0.3 is 20.1 Å². The minimum atomic E-state index is -0.991. The summed E-state index contributed by atoms with van der Waals surface area (Å²) >= 11 is 0. The maximum Gasteiger partial charge on any atom is 0.329 e. The zero-order valence-corrected chi connectivity index (χ0v) is 11.8. The monoisotopic (exact) mass is 290 g/mol. The van der Waals surface area contributed by atoms with Crippen LogP contribution >= 0.6 is 0 Å². The first-order valence-electron chi connectivity index (χ1n) is 6.96. The van der Waals surface area contributed by atoms with E-state index in [1.54, 1.807) is 4.90 Å². The first-order chi connectivity index (χ1) is 9.98. The molecule has 1 saturated heterocycles. The number of anilines is 1. The smallest absolute Gasteiger partial charge is 0.329 e. The average Bonchev–Trinajstić information content (AvgIpc) is 2.85. The van der Waals surface area contributed by atoms with Gasteiger partial charge in [0.2, 0.25) is 5.91 Å². The second kappa shape index (κ2) is 5.04. The predicted molar refractivity (Wildman–Crippen MR) is 76.2 cm³/mol. The average molecular weight is 290 g/mol. The summed E-state index contributed by atoms with van der Waals surface area (Å²) in [6, 6.07) is 7.82. The van der Waals surface area contributed by atoms with Crippen molar-refractivity contribution in [2.24, 2.45) is 0 Å². The van der Waals surface area contributed by atoms with Gasteiger partial charge in [-0.1, -0.05) is 18.2 Å². The molecule has 1 unspecified atom stereocenters. The van der Waals surface area contributed by atoms with E-state index in [1.165, 1.54) is 0 Å². The minimum absolute atomic E-state index is 0.0730. The molecule has 3 rings (SSSR count). The molecule has 112 valence electrons. The van der Waals surface area contributed by atoms with Gasteiger partial charge in [0.05, 0.1) is 19.0 Å². The Labute approximate surface area is 122 Å². The number of carboxylic acids is 1. The Balaban J connectivity index is 1.61. The quantitative estimate of drug-likeness (QED) is 0.861. The van der Waals surface area contributed by atoms with Crippen LogP contribution in [0.1, 0.15) is 18.4 Å². The highest BCUT2D eigenvalue weighted by atomic mass is 16.5. The van der Waals surface area contributed by atoms with E-state index in [0.29, 0.717) is 19.6 Å². The summed E-state index contributed by atoms with van der Waals surface area (Å²) in [5.41, 5.74) is 1.50. The molecule has 6 heteroatoms. The van der Waals surface area contributed by atoms with Crippen LogP contribution in [0.15, 0.2) is 24.3 Å². The van der Waals surface area contributed by atoms with Gasteiger partial charge in [-0.15, -0.1) is 0 Å². The lowest BCUT2D eigenvalue weighted by Gasteiger charge is -2.48. The van der Waals surface area contributed by atoms with Crippen LogP contribution in [0.5, 0.6) is 0 Å². The fraction of sp³-hybridized carbons (Fsp3) is 0.467. The summed E-state index contributed by atoms with van der Waals surface area (Å²) in [5.74, 6) is -1.08. The van der Waals surface area contributed by atoms with Crippen LogP contribution in [0.3, 0.4) is 0 Å². The number of carbonyl (C=O) groups is 2. The number of ether oxygens (including phenoxy) is 1. The van der Waals surface area contributed by atoms with Gasteiger partial charge in [0.25, 0.3) is 0 Å². The number of carbonyl (C=O) groups excluding carboxylic acids is 1. The third-order valence-corrected chi connectivity index (χ3v) is 4.04. The molecular weight excluding hydrogens is 272 g/mol. The number of hydrogen-bond donors (Lipinski definition) is 2. The van der Waals surface area contributed by atoms with Crippen molar-refractivity contribution < 1.29 is 19.4 Å². The number of likely N-dealkylation sites (tertiary alicyclic amines) is 1. The molecule has 1 fully saturated rings. The summed E-state index contributed by atoms with van der Waals surface area (Å²) < 4.78 is 5.33. The number of aliphatic carboxylic acids is 1. The van der Waals surface area contributed by atoms with E-state index in [9.17, 15) is 9.59 Å². The number of amides is 1. The SMILES string of the molecule is CC1(OCC(=O)O)CN(C(=O)C2CNc3ccccc32)C1. The van der Waals surface area contributed by atoms with Gasteiger partial charge in [0, 0.05) is 12.2 Å². The highest BCUT2D eigenvalue weighted by Crippen LogP contribution is 2.35. The molecule has 0 bridgehead atoms. The second-order valence-electron chi connectivity index (χ2n) is 5.85. The lowest BCUT2D eigenvalue weighted by Crippen LogP contribution is -2.64. The van der Waals surface area contributed by atoms with Crippen molar-refractivity contribution in [1.82, 2.24) is 4.90 Å². The maximum atomic E-state index is 12.5. The van der Waals surface area contributed by atoms with Gasteiger partial charge >= 0.3 is 5.97 Å². The first-order valence-corrected chi connectivity index (χ1v) is 6.96. The molecule has 1 aromatic rings. The molecule has 2 N–H and O–H groups in total. The van der Waals surface area contributed by atoms with E-state index in [4.69, 9.17) is 9.84 Å². The van der Waals surface area contributed by atoms with E-state index in [2.05, 4.69) is 5.32 Å². The molecule has 2 aliphatic heterocycles. The molecule has 0 aliphatic carbocycles. The Hall–Kier alpha value is -2.08. The molecule has 6 nitrogen and oxygen atoms in total. The van der Waals surface area contributed by atoms with Gasteiger partial charge in [-0.2, -0.15) is 0 Å². The van der Waals surface area contributed by atoms with E-state index in [0.717, 1.165) is 11.3 Å². The lowest BCUT2D eigenvalue weighted by molar-refractivity contribution is -0.173. The number of benzene rings is 1. The highest BCUT2D eigenvalue weighted by molar-refractivity contribution is 5.89. The topological polar surface area (TPSA) is 78.9 Å². The zero-order chi connectivity index (χ0) is 15.0. The van der Waals surface area contributed by atoms with Gasteiger partial charge in [-0.25, -0.2) is 4.79 Å². The van der Waals surface area contributed by atoms with Crippen molar-refractivity contribution in [3.63, 3.8) is 0 Å². The Morgan fingerprint density at radius 2 is 2.14 bits per heavy atom. The summed E-state index contributed by atoms with van der Waals surface area (Å²) in [5, 5.41) is 11.9. The zero-order valence-electron chi connectivity index (χ0n) is 11.8. The molecular formula is C15H18N2O4. The Kier molecular flexibility index (Phi) is 3.33. The normalized spacial score (nSPS) is 22.1. The molecule has 2 aliphatic rings. The number of rotatable bonds is 4. The summed E-state index contributed by atoms with van der Waals surface area (Å²) in [6.45, 7) is 3.00. The second-order valence-corrected chi connectivity index (χ2v) is 5.85. The summed E-state index contributed by atoms with van der Waals surface area (Å²) in [4.78, 5) is 24.8. The van der Waals surface area contributed by atoms with E-state index in [-0.39, 0.29) is 18.4 Å². The van der Waals surface area contributed by atoms with Crippen molar-refractivity contribution in [1.29, 1.82) is 0 Å². The number of nitrogens with one attached hydrogen (secondary N) is 1. The van der Waals surface area contributed by atoms with E-state index < -0.39 is 11.6 Å². The van der Waals surface area contributed by atoms with Crippen LogP contribution in [0.2, 0.25) is 0 Å². The van der Waals surface area contributed by atoms with Gasteiger partial charge in [0.1, 0.15) is 12.2 Å². The standard InChI is InChI=1S/C15H18N2O4/c1-15(21-7-13(18)19)8-17(9-15)14(20)11-6-16-12-5-3-2-4-10(11)12/h2-5,11,16H,6-9H2,1H3,(H,18,19). The van der Waals surface area contributed by atoms with E-state index >= 15 is 0 Å². The van der Waals surface area contributed by atoms with Crippen LogP contribution in [0.25, 0.3) is 0 Å². The molecule has 0 spiro atoms. The fourth-order valence-corrected chi connectivity index (χ4v) is 2.97. The van der Waals surface area contributed by atoms with Crippen molar-refractivity contribution in [3.05, 3.63) is 29.8 Å². The summed E-state index contributed by atoms with van der Waals surface area (Å²) in [6.07, 6.45) is 0. The van der Waals surface area contributed by atoms with Gasteiger partial charge in [0.15, 0.2) is 0 Å². The first kappa shape index (κ1) is 13.9.